The number of likely N-dealkylation sites (tertiary alicyclic amines) is 1. The first kappa shape index (κ1) is 16.2. The molecule has 1 N–H and O–H groups in total. The average Bonchev–Trinajstić information content (AvgIpc) is 3.05. The van der Waals surface area contributed by atoms with E-state index in [4.69, 9.17) is 4.74 Å². The lowest BCUT2D eigenvalue weighted by molar-refractivity contribution is 0.0761. The van der Waals surface area contributed by atoms with E-state index in [2.05, 4.69) is 15.2 Å². The Morgan fingerprint density at radius 1 is 1.35 bits per heavy atom. The number of ether oxygens (including phenoxy) is 1. The van der Waals surface area contributed by atoms with Crippen LogP contribution in [0.5, 0.6) is 5.75 Å². The number of rotatable bonds is 4. The number of carbonyl (C=O) groups is 1. The highest BCUT2D eigenvalue weighted by Gasteiger charge is 2.32. The van der Waals surface area contributed by atoms with Crippen LogP contribution >= 0.6 is 0 Å². The van der Waals surface area contributed by atoms with Gasteiger partial charge in [0.05, 0.1) is 6.10 Å². The molecule has 6 nitrogen and oxygen atoms in total. The Kier molecular flexibility index (Phi) is 5.13. The van der Waals surface area contributed by atoms with Crippen molar-refractivity contribution in [2.45, 2.75) is 32.4 Å². The standard InChI is InChI=1S/C17H26N4O2/c1-13(2)23-15-4-3-6-19-16(15)17(22)21-9-5-14(12-21)20-10-7-18-8-11-20/h3-4,6,13-14,18H,5,7-12H2,1-2H3. The molecule has 1 atom stereocenters. The summed E-state index contributed by atoms with van der Waals surface area (Å²) in [6.45, 7) is 9.71. The summed E-state index contributed by atoms with van der Waals surface area (Å²) in [5.74, 6) is 0.567. The van der Waals surface area contributed by atoms with Crippen LogP contribution in [0.4, 0.5) is 0 Å². The summed E-state index contributed by atoms with van der Waals surface area (Å²) >= 11 is 0. The van der Waals surface area contributed by atoms with Crippen molar-refractivity contribution in [1.82, 2.24) is 20.1 Å². The first-order chi connectivity index (χ1) is 11.1. The van der Waals surface area contributed by atoms with Crippen LogP contribution in [0.1, 0.15) is 30.8 Å². The van der Waals surface area contributed by atoms with Gasteiger partial charge in [0.2, 0.25) is 0 Å². The van der Waals surface area contributed by atoms with Gasteiger partial charge in [-0.1, -0.05) is 0 Å². The Bertz CT molecular complexity index is 543. The molecule has 2 fully saturated rings. The zero-order valence-corrected chi connectivity index (χ0v) is 14.0. The van der Waals surface area contributed by atoms with E-state index in [0.29, 0.717) is 17.5 Å². The molecule has 0 spiro atoms. The van der Waals surface area contributed by atoms with E-state index in [0.717, 1.165) is 45.7 Å². The highest BCUT2D eigenvalue weighted by atomic mass is 16.5. The normalized spacial score (nSPS) is 22.6. The fourth-order valence-corrected chi connectivity index (χ4v) is 3.32. The summed E-state index contributed by atoms with van der Waals surface area (Å²) in [7, 11) is 0. The maximum Gasteiger partial charge on any atom is 0.276 e. The van der Waals surface area contributed by atoms with Gasteiger partial charge in [0.1, 0.15) is 0 Å². The second-order valence-electron chi connectivity index (χ2n) is 6.50. The number of amides is 1. The van der Waals surface area contributed by atoms with Crippen molar-refractivity contribution in [1.29, 1.82) is 0 Å². The molecule has 1 aromatic heterocycles. The van der Waals surface area contributed by atoms with Crippen LogP contribution in [-0.4, -0.2) is 72.1 Å². The second-order valence-corrected chi connectivity index (χ2v) is 6.50. The van der Waals surface area contributed by atoms with Crippen molar-refractivity contribution in [3.63, 3.8) is 0 Å². The molecule has 0 radical (unpaired) electrons. The molecule has 23 heavy (non-hydrogen) atoms. The van der Waals surface area contributed by atoms with Gasteiger partial charge in [-0.25, -0.2) is 4.98 Å². The zero-order valence-electron chi connectivity index (χ0n) is 14.0. The van der Waals surface area contributed by atoms with Gasteiger partial charge in [-0.15, -0.1) is 0 Å². The first-order valence-electron chi connectivity index (χ1n) is 8.51. The number of nitrogens with zero attached hydrogens (tertiary/aromatic N) is 3. The number of nitrogens with one attached hydrogen (secondary N) is 1. The Balaban J connectivity index is 1.67. The van der Waals surface area contributed by atoms with Crippen LogP contribution in [0.3, 0.4) is 0 Å². The number of carbonyl (C=O) groups excluding carboxylic acids is 1. The summed E-state index contributed by atoms with van der Waals surface area (Å²) in [5, 5.41) is 3.37. The summed E-state index contributed by atoms with van der Waals surface area (Å²) in [5.41, 5.74) is 0.433. The van der Waals surface area contributed by atoms with E-state index in [9.17, 15) is 4.79 Å². The maximum absolute atomic E-state index is 12.8. The minimum Gasteiger partial charge on any atom is -0.489 e. The lowest BCUT2D eigenvalue weighted by Gasteiger charge is -2.32. The molecule has 6 heteroatoms. The first-order valence-corrected chi connectivity index (χ1v) is 8.51. The topological polar surface area (TPSA) is 57.7 Å². The summed E-state index contributed by atoms with van der Waals surface area (Å²) in [4.78, 5) is 21.5. The Morgan fingerprint density at radius 2 is 2.13 bits per heavy atom. The lowest BCUT2D eigenvalue weighted by atomic mass is 10.2. The Morgan fingerprint density at radius 3 is 2.87 bits per heavy atom. The summed E-state index contributed by atoms with van der Waals surface area (Å²) in [6, 6.07) is 4.10. The molecule has 0 saturated carbocycles. The van der Waals surface area contributed by atoms with Gasteiger partial charge in [0.25, 0.3) is 5.91 Å². The highest BCUT2D eigenvalue weighted by molar-refractivity contribution is 5.95. The minimum absolute atomic E-state index is 0.0149. The molecule has 2 saturated heterocycles. The van der Waals surface area contributed by atoms with Crippen LogP contribution in [0, 0.1) is 0 Å². The molecule has 2 aliphatic heterocycles. The van der Waals surface area contributed by atoms with Crippen molar-refractivity contribution in [2.24, 2.45) is 0 Å². The molecule has 126 valence electrons. The highest BCUT2D eigenvalue weighted by Crippen LogP contribution is 2.23. The van der Waals surface area contributed by atoms with Crippen LogP contribution in [-0.2, 0) is 0 Å². The SMILES string of the molecule is CC(C)Oc1cccnc1C(=O)N1CCC(N2CCNCC2)C1. The van der Waals surface area contributed by atoms with Gasteiger partial charge < -0.3 is 15.0 Å². The van der Waals surface area contributed by atoms with Crippen LogP contribution < -0.4 is 10.1 Å². The number of hydrogen-bond donors (Lipinski definition) is 1. The largest absolute Gasteiger partial charge is 0.489 e. The third-order valence-corrected chi connectivity index (χ3v) is 4.45. The monoisotopic (exact) mass is 318 g/mol. The molecule has 1 aromatic rings. The van der Waals surface area contributed by atoms with Crippen LogP contribution in [0.2, 0.25) is 0 Å². The third-order valence-electron chi connectivity index (χ3n) is 4.45. The molecule has 0 bridgehead atoms. The van der Waals surface area contributed by atoms with Gasteiger partial charge >= 0.3 is 0 Å². The third kappa shape index (κ3) is 3.82. The molecule has 0 aliphatic carbocycles. The fourth-order valence-electron chi connectivity index (χ4n) is 3.32. The average molecular weight is 318 g/mol. The van der Waals surface area contributed by atoms with Crippen LogP contribution in [0.15, 0.2) is 18.3 Å². The Labute approximate surface area is 137 Å². The van der Waals surface area contributed by atoms with E-state index in [1.54, 1.807) is 6.20 Å². The van der Waals surface area contributed by atoms with Gasteiger partial charge in [-0.05, 0) is 32.4 Å². The molecule has 0 aromatic carbocycles. The van der Waals surface area contributed by atoms with E-state index in [1.165, 1.54) is 0 Å². The molecule has 2 aliphatic rings. The Hall–Kier alpha value is -1.66. The summed E-state index contributed by atoms with van der Waals surface area (Å²) < 4.78 is 5.74. The molecule has 1 amide bonds. The predicted octanol–water partition coefficient (Wildman–Crippen LogP) is 0.989. The minimum atomic E-state index is -0.0149. The van der Waals surface area contributed by atoms with Crippen molar-refractivity contribution in [2.75, 3.05) is 39.3 Å². The fraction of sp³-hybridized carbons (Fsp3) is 0.647. The van der Waals surface area contributed by atoms with Crippen molar-refractivity contribution >= 4 is 5.91 Å². The molecule has 3 rings (SSSR count). The van der Waals surface area contributed by atoms with Gasteiger partial charge in [-0.3, -0.25) is 9.69 Å². The van der Waals surface area contributed by atoms with Crippen LogP contribution in [0.25, 0.3) is 0 Å². The van der Waals surface area contributed by atoms with Gasteiger partial charge in [-0.2, -0.15) is 0 Å². The molecule has 3 heterocycles. The van der Waals surface area contributed by atoms with E-state index in [-0.39, 0.29) is 12.0 Å². The molecular formula is C17H26N4O2. The zero-order chi connectivity index (χ0) is 16.2. The van der Waals surface area contributed by atoms with E-state index >= 15 is 0 Å². The lowest BCUT2D eigenvalue weighted by Crippen LogP contribution is -2.49. The van der Waals surface area contributed by atoms with E-state index < -0.39 is 0 Å². The van der Waals surface area contributed by atoms with Crippen molar-refractivity contribution in [3.8, 4) is 5.75 Å². The smallest absolute Gasteiger partial charge is 0.276 e. The quantitative estimate of drug-likeness (QED) is 0.897. The summed E-state index contributed by atoms with van der Waals surface area (Å²) in [6.07, 6.45) is 2.72. The number of aromatic nitrogens is 1. The number of piperazine rings is 1. The number of pyridine rings is 1. The predicted molar refractivity (Wildman–Crippen MR) is 88.8 cm³/mol. The van der Waals surface area contributed by atoms with E-state index in [1.807, 2.05) is 30.9 Å². The van der Waals surface area contributed by atoms with Gasteiger partial charge in [0.15, 0.2) is 11.4 Å². The molecule has 1 unspecified atom stereocenters. The molecular weight excluding hydrogens is 292 g/mol. The van der Waals surface area contributed by atoms with Crippen molar-refractivity contribution in [3.05, 3.63) is 24.0 Å². The number of hydrogen-bond acceptors (Lipinski definition) is 5. The van der Waals surface area contributed by atoms with Crippen molar-refractivity contribution < 1.29 is 9.53 Å². The second kappa shape index (κ2) is 7.27. The van der Waals surface area contributed by atoms with Gasteiger partial charge in [0, 0.05) is 51.5 Å². The maximum atomic E-state index is 12.8.